The molecule has 0 aliphatic heterocycles. The normalized spacial score (nSPS) is 13.9. The number of hydrogen-bond acceptors (Lipinski definition) is 5. The molecule has 0 fully saturated rings. The Balaban J connectivity index is 3.29. The van der Waals surface area contributed by atoms with Gasteiger partial charge in [0.2, 0.25) is 0 Å². The van der Waals surface area contributed by atoms with E-state index in [2.05, 4.69) is 9.97 Å². The van der Waals surface area contributed by atoms with Gasteiger partial charge in [-0.3, -0.25) is 0 Å². The van der Waals surface area contributed by atoms with Gasteiger partial charge in [-0.1, -0.05) is 0 Å². The summed E-state index contributed by atoms with van der Waals surface area (Å²) in [5.41, 5.74) is 6.35. The molecule has 2 N–H and O–H groups in total. The molecule has 1 atom stereocenters. The zero-order valence-electron chi connectivity index (χ0n) is 8.65. The number of sulfone groups is 1. The van der Waals surface area contributed by atoms with Crippen molar-refractivity contribution in [2.45, 2.75) is 19.1 Å². The monoisotopic (exact) mass is 341 g/mol. The van der Waals surface area contributed by atoms with Crippen molar-refractivity contribution < 1.29 is 8.42 Å². The number of aromatic nitrogens is 2. The molecule has 1 heterocycles. The lowest BCUT2D eigenvalue weighted by molar-refractivity contribution is 0.589. The Labute approximate surface area is 103 Å². The first-order valence-electron chi connectivity index (χ1n) is 4.22. The van der Waals surface area contributed by atoms with Gasteiger partial charge in [0.1, 0.15) is 16.9 Å². The van der Waals surface area contributed by atoms with Crippen LogP contribution in [-0.4, -0.2) is 24.6 Å². The highest BCUT2D eigenvalue weighted by molar-refractivity contribution is 14.1. The van der Waals surface area contributed by atoms with E-state index in [1.807, 2.05) is 22.6 Å². The Morgan fingerprint density at radius 3 is 2.33 bits per heavy atom. The van der Waals surface area contributed by atoms with E-state index in [1.54, 1.807) is 13.8 Å². The predicted molar refractivity (Wildman–Crippen MR) is 67.2 cm³/mol. The molecule has 0 bridgehead atoms. The molecule has 0 radical (unpaired) electrons. The fraction of sp³-hybridized carbons (Fsp3) is 0.500. The van der Waals surface area contributed by atoms with Crippen molar-refractivity contribution in [3.8, 4) is 0 Å². The molecule has 1 aromatic rings. The Kier molecular flexibility index (Phi) is 3.54. The van der Waals surface area contributed by atoms with Crippen LogP contribution in [0.1, 0.15) is 23.7 Å². The van der Waals surface area contributed by atoms with Crippen LogP contribution >= 0.6 is 22.6 Å². The molecule has 0 aromatic carbocycles. The second-order valence-electron chi connectivity index (χ2n) is 3.34. The molecule has 1 rings (SSSR count). The minimum atomic E-state index is -3.19. The average Bonchev–Trinajstić information content (AvgIpc) is 2.10. The summed E-state index contributed by atoms with van der Waals surface area (Å²) in [6.07, 6.45) is 1.16. The van der Waals surface area contributed by atoms with Crippen molar-refractivity contribution in [2.75, 3.05) is 12.0 Å². The van der Waals surface area contributed by atoms with E-state index < -0.39 is 15.1 Å². The summed E-state index contributed by atoms with van der Waals surface area (Å²) in [7, 11) is -3.19. The molecule has 15 heavy (non-hydrogen) atoms. The fourth-order valence-corrected chi connectivity index (χ4v) is 1.71. The minimum absolute atomic E-state index is 0.257. The number of nitrogen functional groups attached to an aromatic ring is 1. The third kappa shape index (κ3) is 2.77. The second-order valence-corrected chi connectivity index (χ2v) is 6.78. The van der Waals surface area contributed by atoms with Crippen LogP contribution in [0.2, 0.25) is 0 Å². The Bertz CT molecular complexity index is 464. The standard InChI is InChI=1S/C8H12IN3O2S/c1-4-6(9)7(10)12-8(11-4)5(2)15(3,13)14/h5H,1-3H3,(H2,10,11,12). The topological polar surface area (TPSA) is 85.9 Å². The maximum absolute atomic E-state index is 11.3. The van der Waals surface area contributed by atoms with Crippen LogP contribution in [0.15, 0.2) is 0 Å². The van der Waals surface area contributed by atoms with Crippen molar-refractivity contribution in [1.29, 1.82) is 0 Å². The molecule has 1 unspecified atom stereocenters. The maximum Gasteiger partial charge on any atom is 0.157 e. The van der Waals surface area contributed by atoms with Gasteiger partial charge >= 0.3 is 0 Å². The Morgan fingerprint density at radius 2 is 1.93 bits per heavy atom. The van der Waals surface area contributed by atoms with E-state index in [0.29, 0.717) is 11.5 Å². The van der Waals surface area contributed by atoms with Gasteiger partial charge in [0, 0.05) is 6.26 Å². The molecule has 0 amide bonds. The molecule has 7 heteroatoms. The van der Waals surface area contributed by atoms with Crippen LogP contribution in [-0.2, 0) is 9.84 Å². The largest absolute Gasteiger partial charge is 0.383 e. The number of hydrogen-bond donors (Lipinski definition) is 1. The van der Waals surface area contributed by atoms with Gasteiger partial charge in [-0.05, 0) is 36.4 Å². The van der Waals surface area contributed by atoms with Crippen LogP contribution in [0.3, 0.4) is 0 Å². The molecule has 0 spiro atoms. The van der Waals surface area contributed by atoms with Crippen molar-refractivity contribution in [2.24, 2.45) is 0 Å². The van der Waals surface area contributed by atoms with Gasteiger partial charge in [-0.25, -0.2) is 18.4 Å². The number of nitrogens with two attached hydrogens (primary N) is 1. The van der Waals surface area contributed by atoms with Crippen LogP contribution in [0.5, 0.6) is 0 Å². The number of nitrogens with zero attached hydrogens (tertiary/aromatic N) is 2. The third-order valence-electron chi connectivity index (χ3n) is 2.07. The van der Waals surface area contributed by atoms with Gasteiger partial charge in [0.25, 0.3) is 0 Å². The zero-order valence-corrected chi connectivity index (χ0v) is 11.6. The first-order chi connectivity index (χ1) is 6.73. The summed E-state index contributed by atoms with van der Waals surface area (Å²) in [6, 6.07) is 0. The molecule has 0 aliphatic carbocycles. The summed E-state index contributed by atoms with van der Waals surface area (Å²) in [5, 5.41) is -0.726. The summed E-state index contributed by atoms with van der Waals surface area (Å²) in [6.45, 7) is 3.33. The van der Waals surface area contributed by atoms with Crippen LogP contribution in [0.25, 0.3) is 0 Å². The summed E-state index contributed by atoms with van der Waals surface area (Å²) in [5.74, 6) is 0.585. The molecular weight excluding hydrogens is 329 g/mol. The molecule has 0 saturated heterocycles. The molecule has 5 nitrogen and oxygen atoms in total. The van der Waals surface area contributed by atoms with E-state index in [-0.39, 0.29) is 5.82 Å². The third-order valence-corrected chi connectivity index (χ3v) is 4.89. The summed E-state index contributed by atoms with van der Waals surface area (Å²) in [4.78, 5) is 8.10. The number of rotatable bonds is 2. The molecular formula is C8H12IN3O2S. The fourth-order valence-electron chi connectivity index (χ4n) is 0.977. The lowest BCUT2D eigenvalue weighted by Gasteiger charge is -2.10. The average molecular weight is 341 g/mol. The molecule has 84 valence electrons. The number of anilines is 1. The first-order valence-corrected chi connectivity index (χ1v) is 7.25. The van der Waals surface area contributed by atoms with Crippen molar-refractivity contribution in [1.82, 2.24) is 9.97 Å². The highest BCUT2D eigenvalue weighted by Gasteiger charge is 2.21. The van der Waals surface area contributed by atoms with Crippen LogP contribution < -0.4 is 5.73 Å². The molecule has 0 saturated carbocycles. The van der Waals surface area contributed by atoms with E-state index in [9.17, 15) is 8.42 Å². The molecule has 0 aliphatic rings. The van der Waals surface area contributed by atoms with Crippen LogP contribution in [0.4, 0.5) is 5.82 Å². The molecule has 1 aromatic heterocycles. The maximum atomic E-state index is 11.3. The Morgan fingerprint density at radius 1 is 1.40 bits per heavy atom. The highest BCUT2D eigenvalue weighted by Crippen LogP contribution is 2.22. The van der Waals surface area contributed by atoms with Crippen LogP contribution in [0, 0.1) is 10.5 Å². The van der Waals surface area contributed by atoms with Gasteiger partial charge in [-0.15, -0.1) is 0 Å². The second kappa shape index (κ2) is 4.20. The van der Waals surface area contributed by atoms with Gasteiger partial charge < -0.3 is 5.73 Å². The Hall–Kier alpha value is -0.440. The minimum Gasteiger partial charge on any atom is -0.383 e. The van der Waals surface area contributed by atoms with Gasteiger partial charge in [0.05, 0.1) is 9.26 Å². The quantitative estimate of drug-likeness (QED) is 0.814. The zero-order chi connectivity index (χ0) is 11.8. The summed E-state index contributed by atoms with van der Waals surface area (Å²) < 4.78 is 23.4. The van der Waals surface area contributed by atoms with Gasteiger partial charge in [-0.2, -0.15) is 0 Å². The number of halogens is 1. The van der Waals surface area contributed by atoms with E-state index in [4.69, 9.17) is 5.73 Å². The van der Waals surface area contributed by atoms with Gasteiger partial charge in [0.15, 0.2) is 9.84 Å². The smallest absolute Gasteiger partial charge is 0.157 e. The highest BCUT2D eigenvalue weighted by atomic mass is 127. The lowest BCUT2D eigenvalue weighted by atomic mass is 10.3. The van der Waals surface area contributed by atoms with E-state index >= 15 is 0 Å². The number of aryl methyl sites for hydroxylation is 1. The van der Waals surface area contributed by atoms with Crippen molar-refractivity contribution >= 4 is 38.2 Å². The lowest BCUT2D eigenvalue weighted by Crippen LogP contribution is -2.14. The van der Waals surface area contributed by atoms with E-state index in [1.165, 1.54) is 0 Å². The van der Waals surface area contributed by atoms with Crippen molar-refractivity contribution in [3.63, 3.8) is 0 Å². The van der Waals surface area contributed by atoms with Crippen molar-refractivity contribution in [3.05, 3.63) is 15.1 Å². The SMILES string of the molecule is Cc1nc(C(C)S(C)(=O)=O)nc(N)c1I. The first kappa shape index (κ1) is 12.6. The summed E-state index contributed by atoms with van der Waals surface area (Å²) >= 11 is 2.03. The predicted octanol–water partition coefficient (Wildman–Crippen LogP) is 1.08. The van der Waals surface area contributed by atoms with E-state index in [0.717, 1.165) is 9.83 Å².